The van der Waals surface area contributed by atoms with Gasteiger partial charge in [-0.3, -0.25) is 10.1 Å². The lowest BCUT2D eigenvalue weighted by atomic mass is 10.1. The maximum absolute atomic E-state index is 12.4. The van der Waals surface area contributed by atoms with Crippen molar-refractivity contribution in [2.24, 2.45) is 0 Å². The monoisotopic (exact) mass is 303 g/mol. The molecule has 0 bridgehead atoms. The van der Waals surface area contributed by atoms with E-state index in [-0.39, 0.29) is 5.91 Å². The molecule has 0 unspecified atom stereocenters. The smallest absolute Gasteiger partial charge is 0.261 e. The number of nitrogens with one attached hydrogen (secondary N) is 1. The fourth-order valence-electron chi connectivity index (χ4n) is 1.82. The van der Waals surface area contributed by atoms with E-state index in [1.807, 2.05) is 39.0 Å². The number of hydrogen-bond acceptors (Lipinski definition) is 3. The predicted octanol–water partition coefficient (Wildman–Crippen LogP) is 4.18. The molecule has 0 aromatic heterocycles. The highest BCUT2D eigenvalue weighted by Crippen LogP contribution is 2.21. The SMILES string of the molecule is CC/C=C(\NC(=O)c1ccc(CC)cc1OC)OC=C(C)C. The molecule has 120 valence electrons. The summed E-state index contributed by atoms with van der Waals surface area (Å²) < 4.78 is 10.8. The van der Waals surface area contributed by atoms with E-state index in [1.165, 1.54) is 0 Å². The molecule has 1 aromatic rings. The number of carbonyl (C=O) groups excluding carboxylic acids is 1. The molecule has 1 aromatic carbocycles. The lowest BCUT2D eigenvalue weighted by Crippen LogP contribution is -2.24. The molecule has 0 radical (unpaired) electrons. The summed E-state index contributed by atoms with van der Waals surface area (Å²) in [6.45, 7) is 7.90. The van der Waals surface area contributed by atoms with Gasteiger partial charge in [-0.2, -0.15) is 0 Å². The molecule has 4 heteroatoms. The van der Waals surface area contributed by atoms with Crippen LogP contribution in [0.15, 0.2) is 42.0 Å². The summed E-state index contributed by atoms with van der Waals surface area (Å²) in [5, 5.41) is 2.78. The fourth-order valence-corrected chi connectivity index (χ4v) is 1.82. The van der Waals surface area contributed by atoms with Gasteiger partial charge in [-0.25, -0.2) is 0 Å². The van der Waals surface area contributed by atoms with Crippen LogP contribution in [0, 0.1) is 0 Å². The Morgan fingerprint density at radius 3 is 2.55 bits per heavy atom. The first-order valence-electron chi connectivity index (χ1n) is 7.50. The number of hydrogen-bond donors (Lipinski definition) is 1. The van der Waals surface area contributed by atoms with Crippen LogP contribution in [0.2, 0.25) is 0 Å². The van der Waals surface area contributed by atoms with E-state index in [1.54, 1.807) is 19.4 Å². The molecule has 1 rings (SSSR count). The molecule has 0 atom stereocenters. The van der Waals surface area contributed by atoms with Crippen LogP contribution in [0.25, 0.3) is 0 Å². The minimum Gasteiger partial charge on any atom is -0.496 e. The van der Waals surface area contributed by atoms with Crippen molar-refractivity contribution in [3.05, 3.63) is 53.1 Å². The maximum Gasteiger partial charge on any atom is 0.261 e. The number of methoxy groups -OCH3 is 1. The Hall–Kier alpha value is -2.23. The summed E-state index contributed by atoms with van der Waals surface area (Å²) in [5.41, 5.74) is 2.63. The summed E-state index contributed by atoms with van der Waals surface area (Å²) in [6, 6.07) is 5.59. The molecule has 0 aliphatic rings. The van der Waals surface area contributed by atoms with Gasteiger partial charge in [-0.05, 0) is 56.0 Å². The molecule has 0 fully saturated rings. The summed E-state index contributed by atoms with van der Waals surface area (Å²) in [5.74, 6) is 0.742. The Bertz CT molecular complexity index is 570. The van der Waals surface area contributed by atoms with Gasteiger partial charge in [0, 0.05) is 0 Å². The third-order valence-corrected chi connectivity index (χ3v) is 2.97. The Morgan fingerprint density at radius 1 is 1.27 bits per heavy atom. The van der Waals surface area contributed by atoms with E-state index < -0.39 is 0 Å². The molecule has 0 saturated carbocycles. The van der Waals surface area contributed by atoms with Gasteiger partial charge in [0.2, 0.25) is 0 Å². The molecular formula is C18H25NO3. The summed E-state index contributed by atoms with van der Waals surface area (Å²) in [4.78, 5) is 12.4. The number of ether oxygens (including phenoxy) is 2. The Balaban J connectivity index is 2.95. The van der Waals surface area contributed by atoms with Crippen molar-refractivity contribution in [1.82, 2.24) is 5.32 Å². The molecule has 0 heterocycles. The van der Waals surface area contributed by atoms with E-state index in [4.69, 9.17) is 9.47 Å². The highest BCUT2D eigenvalue weighted by molar-refractivity contribution is 5.97. The molecular weight excluding hydrogens is 278 g/mol. The molecule has 0 saturated heterocycles. The molecule has 0 aliphatic carbocycles. The largest absolute Gasteiger partial charge is 0.496 e. The Kier molecular flexibility index (Phi) is 7.23. The first-order valence-corrected chi connectivity index (χ1v) is 7.50. The predicted molar refractivity (Wildman–Crippen MR) is 88.7 cm³/mol. The van der Waals surface area contributed by atoms with Gasteiger partial charge in [-0.15, -0.1) is 0 Å². The van der Waals surface area contributed by atoms with Crippen LogP contribution in [0.4, 0.5) is 0 Å². The topological polar surface area (TPSA) is 47.6 Å². The zero-order valence-electron chi connectivity index (χ0n) is 14.0. The van der Waals surface area contributed by atoms with Crippen molar-refractivity contribution >= 4 is 5.91 Å². The average molecular weight is 303 g/mol. The highest BCUT2D eigenvalue weighted by atomic mass is 16.5. The lowest BCUT2D eigenvalue weighted by Gasteiger charge is -2.12. The first-order chi connectivity index (χ1) is 10.5. The van der Waals surface area contributed by atoms with Crippen molar-refractivity contribution in [3.63, 3.8) is 0 Å². The van der Waals surface area contributed by atoms with E-state index in [9.17, 15) is 4.79 Å². The second kappa shape index (κ2) is 8.93. The lowest BCUT2D eigenvalue weighted by molar-refractivity contribution is 0.0939. The van der Waals surface area contributed by atoms with Crippen LogP contribution in [0.5, 0.6) is 5.75 Å². The third-order valence-electron chi connectivity index (χ3n) is 2.97. The first kappa shape index (κ1) is 17.8. The molecule has 1 amide bonds. The van der Waals surface area contributed by atoms with Gasteiger partial charge in [0.05, 0.1) is 18.9 Å². The van der Waals surface area contributed by atoms with Gasteiger partial charge in [0.15, 0.2) is 5.88 Å². The number of rotatable bonds is 7. The third kappa shape index (κ3) is 5.28. The molecule has 4 nitrogen and oxygen atoms in total. The zero-order chi connectivity index (χ0) is 16.5. The number of benzene rings is 1. The quantitative estimate of drug-likeness (QED) is 0.769. The van der Waals surface area contributed by atoms with Crippen LogP contribution in [0.3, 0.4) is 0 Å². The average Bonchev–Trinajstić information content (AvgIpc) is 2.51. The summed E-state index contributed by atoms with van der Waals surface area (Å²) >= 11 is 0. The summed E-state index contributed by atoms with van der Waals surface area (Å²) in [7, 11) is 1.56. The van der Waals surface area contributed by atoms with Crippen LogP contribution < -0.4 is 10.1 Å². The Labute approximate surface area is 132 Å². The minimum absolute atomic E-state index is 0.249. The van der Waals surface area contributed by atoms with Gasteiger partial charge in [0.25, 0.3) is 5.91 Å². The van der Waals surface area contributed by atoms with E-state index in [2.05, 4.69) is 12.2 Å². The van der Waals surface area contributed by atoms with Crippen LogP contribution in [0.1, 0.15) is 50.0 Å². The van der Waals surface area contributed by atoms with Gasteiger partial charge >= 0.3 is 0 Å². The second-order valence-corrected chi connectivity index (χ2v) is 5.13. The molecule has 22 heavy (non-hydrogen) atoms. The van der Waals surface area contributed by atoms with Crippen molar-refractivity contribution in [1.29, 1.82) is 0 Å². The van der Waals surface area contributed by atoms with Gasteiger partial charge in [-0.1, -0.05) is 19.9 Å². The van der Waals surface area contributed by atoms with Gasteiger partial charge < -0.3 is 9.47 Å². The van der Waals surface area contributed by atoms with Crippen molar-refractivity contribution in [3.8, 4) is 5.75 Å². The van der Waals surface area contributed by atoms with Crippen LogP contribution in [-0.2, 0) is 11.2 Å². The number of aryl methyl sites for hydroxylation is 1. The van der Waals surface area contributed by atoms with E-state index >= 15 is 0 Å². The van der Waals surface area contributed by atoms with E-state index in [0.29, 0.717) is 17.2 Å². The fraction of sp³-hybridized carbons (Fsp3) is 0.389. The van der Waals surface area contributed by atoms with Crippen molar-refractivity contribution in [2.75, 3.05) is 7.11 Å². The molecule has 0 aliphatic heterocycles. The second-order valence-electron chi connectivity index (χ2n) is 5.13. The van der Waals surface area contributed by atoms with Gasteiger partial charge in [0.1, 0.15) is 5.75 Å². The van der Waals surface area contributed by atoms with Crippen LogP contribution >= 0.6 is 0 Å². The Morgan fingerprint density at radius 2 is 2.00 bits per heavy atom. The van der Waals surface area contributed by atoms with Crippen molar-refractivity contribution in [2.45, 2.75) is 40.5 Å². The highest BCUT2D eigenvalue weighted by Gasteiger charge is 2.14. The number of carbonyl (C=O) groups is 1. The number of allylic oxidation sites excluding steroid dienone is 2. The zero-order valence-corrected chi connectivity index (χ0v) is 14.0. The van der Waals surface area contributed by atoms with E-state index in [0.717, 1.165) is 24.0 Å². The van der Waals surface area contributed by atoms with Crippen molar-refractivity contribution < 1.29 is 14.3 Å². The standard InChI is InChI=1S/C18H25NO3/c1-6-8-17(22-12-13(3)4)19-18(20)15-10-9-14(7-2)11-16(15)21-5/h8-12H,6-7H2,1-5H3,(H,19,20)/b17-8+. The maximum atomic E-state index is 12.4. The number of amides is 1. The molecule has 1 N–H and O–H groups in total. The summed E-state index contributed by atoms with van der Waals surface area (Å²) in [6.07, 6.45) is 5.09. The minimum atomic E-state index is -0.249. The van der Waals surface area contributed by atoms with Crippen LogP contribution in [-0.4, -0.2) is 13.0 Å². The normalized spacial score (nSPS) is 10.9. The molecule has 0 spiro atoms.